The van der Waals surface area contributed by atoms with E-state index in [9.17, 15) is 0 Å². The smallest absolute Gasteiger partial charge is 0.126 e. The van der Waals surface area contributed by atoms with E-state index in [0.717, 1.165) is 29.0 Å². The van der Waals surface area contributed by atoms with Gasteiger partial charge in [0.15, 0.2) is 0 Å². The van der Waals surface area contributed by atoms with Crippen LogP contribution in [0.5, 0.6) is 0 Å². The topological polar surface area (TPSA) is 56.7 Å². The summed E-state index contributed by atoms with van der Waals surface area (Å²) in [4.78, 5) is 8.95. The normalized spacial score (nSPS) is 11.1. The third kappa shape index (κ3) is 2.13. The second kappa shape index (κ2) is 4.96. The molecule has 0 saturated carbocycles. The van der Waals surface area contributed by atoms with E-state index in [1.165, 1.54) is 5.52 Å². The minimum Gasteiger partial charge on any atom is -0.383 e. The molecule has 102 valence electrons. The van der Waals surface area contributed by atoms with Gasteiger partial charge in [-0.2, -0.15) is 0 Å². The van der Waals surface area contributed by atoms with Crippen molar-refractivity contribution in [3.05, 3.63) is 53.5 Å². The van der Waals surface area contributed by atoms with E-state index in [-0.39, 0.29) is 0 Å². The number of para-hydroxylation sites is 2. The van der Waals surface area contributed by atoms with Crippen molar-refractivity contribution in [1.29, 1.82) is 0 Å². The zero-order valence-electron chi connectivity index (χ0n) is 11.8. The Labute approximate surface area is 118 Å². The largest absolute Gasteiger partial charge is 0.383 e. The van der Waals surface area contributed by atoms with E-state index >= 15 is 0 Å². The van der Waals surface area contributed by atoms with Crippen molar-refractivity contribution in [3.63, 3.8) is 0 Å². The van der Waals surface area contributed by atoms with Gasteiger partial charge in [0.05, 0.1) is 11.0 Å². The van der Waals surface area contributed by atoms with E-state index in [4.69, 9.17) is 10.7 Å². The first-order valence-electron chi connectivity index (χ1n) is 6.84. The fraction of sp³-hybridized carbons (Fsp3) is 0.250. The Morgan fingerprint density at radius 1 is 1.25 bits per heavy atom. The Bertz CT molecular complexity index is 758. The number of anilines is 1. The lowest BCUT2D eigenvalue weighted by atomic mass is 10.1. The molecule has 0 aliphatic heterocycles. The van der Waals surface area contributed by atoms with Crippen molar-refractivity contribution in [2.45, 2.75) is 26.8 Å². The van der Waals surface area contributed by atoms with Gasteiger partial charge in [-0.05, 0) is 31.5 Å². The van der Waals surface area contributed by atoms with Crippen LogP contribution >= 0.6 is 0 Å². The van der Waals surface area contributed by atoms with Crippen LogP contribution < -0.4 is 5.73 Å². The fourth-order valence-corrected chi connectivity index (χ4v) is 2.57. The van der Waals surface area contributed by atoms with Crippen molar-refractivity contribution in [2.24, 2.45) is 0 Å². The van der Waals surface area contributed by atoms with Gasteiger partial charge in [0.1, 0.15) is 11.6 Å². The van der Waals surface area contributed by atoms with Gasteiger partial charge in [-0.1, -0.05) is 18.2 Å². The van der Waals surface area contributed by atoms with Gasteiger partial charge < -0.3 is 10.3 Å². The van der Waals surface area contributed by atoms with Crippen molar-refractivity contribution in [2.75, 3.05) is 5.73 Å². The Morgan fingerprint density at radius 2 is 2.05 bits per heavy atom. The molecule has 0 aliphatic rings. The number of imidazole rings is 1. The summed E-state index contributed by atoms with van der Waals surface area (Å²) in [6.45, 7) is 5.06. The van der Waals surface area contributed by atoms with Gasteiger partial charge in [0.2, 0.25) is 0 Å². The van der Waals surface area contributed by atoms with E-state index in [1.807, 2.05) is 25.1 Å². The van der Waals surface area contributed by atoms with Gasteiger partial charge in [-0.3, -0.25) is 0 Å². The maximum Gasteiger partial charge on any atom is 0.126 e. The molecule has 0 aliphatic carbocycles. The van der Waals surface area contributed by atoms with Crippen LogP contribution in [0.2, 0.25) is 0 Å². The van der Waals surface area contributed by atoms with Crippen LogP contribution in [-0.4, -0.2) is 14.5 Å². The number of benzene rings is 1. The number of aromatic nitrogens is 3. The van der Waals surface area contributed by atoms with Crippen LogP contribution in [0.15, 0.2) is 36.5 Å². The summed E-state index contributed by atoms with van der Waals surface area (Å²) >= 11 is 0. The lowest BCUT2D eigenvalue weighted by Gasteiger charge is -2.08. The SMILES string of the molecule is CCn1c(Cc2cc(C)cnc2N)nc2ccccc21. The number of fused-ring (bicyclic) bond motifs is 1. The lowest BCUT2D eigenvalue weighted by Crippen LogP contribution is -2.05. The van der Waals surface area contributed by atoms with Gasteiger partial charge in [-0.15, -0.1) is 0 Å². The van der Waals surface area contributed by atoms with Gasteiger partial charge >= 0.3 is 0 Å². The summed E-state index contributed by atoms with van der Waals surface area (Å²) in [6, 6.07) is 10.3. The summed E-state index contributed by atoms with van der Waals surface area (Å²) in [5.41, 5.74) is 10.3. The molecule has 0 saturated heterocycles. The molecule has 20 heavy (non-hydrogen) atoms. The predicted molar refractivity (Wildman–Crippen MR) is 81.6 cm³/mol. The number of nitrogens with two attached hydrogens (primary N) is 1. The quantitative estimate of drug-likeness (QED) is 0.793. The highest BCUT2D eigenvalue weighted by Crippen LogP contribution is 2.20. The van der Waals surface area contributed by atoms with E-state index in [1.54, 1.807) is 6.20 Å². The van der Waals surface area contributed by atoms with Crippen molar-refractivity contribution in [1.82, 2.24) is 14.5 Å². The second-order valence-electron chi connectivity index (χ2n) is 4.99. The molecule has 0 bridgehead atoms. The summed E-state index contributed by atoms with van der Waals surface area (Å²) in [6.07, 6.45) is 2.50. The average molecular weight is 266 g/mol. The summed E-state index contributed by atoms with van der Waals surface area (Å²) in [5.74, 6) is 1.62. The Kier molecular flexibility index (Phi) is 3.14. The standard InChI is InChI=1S/C16H18N4/c1-3-20-14-7-5-4-6-13(14)19-15(20)9-12-8-11(2)10-18-16(12)17/h4-8,10H,3,9H2,1-2H3,(H2,17,18). The van der Waals surface area contributed by atoms with E-state index in [2.05, 4.69) is 28.6 Å². The second-order valence-corrected chi connectivity index (χ2v) is 4.99. The summed E-state index contributed by atoms with van der Waals surface area (Å²) in [7, 11) is 0. The molecule has 0 spiro atoms. The molecule has 2 N–H and O–H groups in total. The van der Waals surface area contributed by atoms with Gasteiger partial charge in [0, 0.05) is 24.7 Å². The molecule has 0 amide bonds. The number of hydrogen-bond acceptors (Lipinski definition) is 3. The molecule has 0 unspecified atom stereocenters. The van der Waals surface area contributed by atoms with Crippen molar-refractivity contribution >= 4 is 16.9 Å². The third-order valence-electron chi connectivity index (χ3n) is 3.54. The molecule has 4 heteroatoms. The first kappa shape index (κ1) is 12.7. The number of aryl methyl sites for hydroxylation is 2. The number of pyridine rings is 1. The number of hydrogen-bond donors (Lipinski definition) is 1. The Balaban J connectivity index is 2.08. The Morgan fingerprint density at radius 3 is 2.85 bits per heavy atom. The highest BCUT2D eigenvalue weighted by atomic mass is 15.1. The van der Waals surface area contributed by atoms with Gasteiger partial charge in [0.25, 0.3) is 0 Å². The zero-order chi connectivity index (χ0) is 14.1. The summed E-state index contributed by atoms with van der Waals surface area (Å²) in [5, 5.41) is 0. The van der Waals surface area contributed by atoms with Crippen LogP contribution in [0.4, 0.5) is 5.82 Å². The molecule has 2 heterocycles. The average Bonchev–Trinajstić information content (AvgIpc) is 2.80. The summed E-state index contributed by atoms with van der Waals surface area (Å²) < 4.78 is 2.23. The molecule has 3 aromatic rings. The minimum atomic E-state index is 0.588. The third-order valence-corrected chi connectivity index (χ3v) is 3.54. The van der Waals surface area contributed by atoms with Crippen LogP contribution in [-0.2, 0) is 13.0 Å². The molecule has 0 fully saturated rings. The van der Waals surface area contributed by atoms with Crippen LogP contribution in [0.3, 0.4) is 0 Å². The lowest BCUT2D eigenvalue weighted by molar-refractivity contribution is 0.733. The fourth-order valence-electron chi connectivity index (χ4n) is 2.57. The monoisotopic (exact) mass is 266 g/mol. The first-order chi connectivity index (χ1) is 9.69. The molecular weight excluding hydrogens is 248 g/mol. The maximum absolute atomic E-state index is 5.97. The molecular formula is C16H18N4. The highest BCUT2D eigenvalue weighted by molar-refractivity contribution is 5.76. The number of nitrogens with zero attached hydrogens (tertiary/aromatic N) is 3. The molecule has 0 atom stereocenters. The number of rotatable bonds is 3. The van der Waals surface area contributed by atoms with Crippen molar-refractivity contribution in [3.8, 4) is 0 Å². The Hall–Kier alpha value is -2.36. The van der Waals surface area contributed by atoms with Gasteiger partial charge in [-0.25, -0.2) is 9.97 Å². The highest BCUT2D eigenvalue weighted by Gasteiger charge is 2.11. The van der Waals surface area contributed by atoms with Crippen LogP contribution in [0.25, 0.3) is 11.0 Å². The van der Waals surface area contributed by atoms with Crippen LogP contribution in [0, 0.1) is 6.92 Å². The van der Waals surface area contributed by atoms with Crippen molar-refractivity contribution < 1.29 is 0 Å². The zero-order valence-corrected chi connectivity index (χ0v) is 11.8. The molecule has 0 radical (unpaired) electrons. The molecule has 2 aromatic heterocycles. The van der Waals surface area contributed by atoms with E-state index < -0.39 is 0 Å². The maximum atomic E-state index is 5.97. The van der Waals surface area contributed by atoms with Crippen LogP contribution in [0.1, 0.15) is 23.9 Å². The predicted octanol–water partition coefficient (Wildman–Crippen LogP) is 2.93. The molecule has 4 nitrogen and oxygen atoms in total. The number of nitrogen functional groups attached to an aromatic ring is 1. The minimum absolute atomic E-state index is 0.588. The molecule has 3 rings (SSSR count). The molecule has 1 aromatic carbocycles. The first-order valence-corrected chi connectivity index (χ1v) is 6.84. The van der Waals surface area contributed by atoms with E-state index in [0.29, 0.717) is 12.2 Å².